The molecule has 1 atom stereocenters. The Hall–Kier alpha value is -2.21. The lowest BCUT2D eigenvalue weighted by Crippen LogP contribution is -2.41. The molecular weight excluding hydrogens is 432 g/mol. The van der Waals surface area contributed by atoms with Crippen molar-refractivity contribution in [2.75, 3.05) is 20.6 Å². The summed E-state index contributed by atoms with van der Waals surface area (Å²) in [4.78, 5) is 12.7. The summed E-state index contributed by atoms with van der Waals surface area (Å²) in [6.45, 7) is 1.79. The summed E-state index contributed by atoms with van der Waals surface area (Å²) in [7, 11) is -4.82. The van der Waals surface area contributed by atoms with E-state index in [1.54, 1.807) is 12.1 Å². The highest BCUT2D eigenvalue weighted by molar-refractivity contribution is 7.89. The SMILES string of the molecule is Cc1ccc(S(=O)(=O)N2CCC[C@H]2C(=O)OCc2ccc(S(=O)(=O)N(C)C)o2)cc1. The number of nitrogens with zero attached hydrogens (tertiary/aromatic N) is 2. The summed E-state index contributed by atoms with van der Waals surface area (Å²) in [5.74, 6) is -0.550. The second-order valence-corrected chi connectivity index (χ2v) is 11.2. The molecule has 0 spiro atoms. The fraction of sp³-hybridized carbons (Fsp3) is 0.421. The predicted molar refractivity (Wildman–Crippen MR) is 107 cm³/mol. The van der Waals surface area contributed by atoms with Crippen LogP contribution in [0.1, 0.15) is 24.2 Å². The summed E-state index contributed by atoms with van der Waals surface area (Å²) < 4.78 is 62.6. The van der Waals surface area contributed by atoms with Gasteiger partial charge in [-0.15, -0.1) is 0 Å². The van der Waals surface area contributed by atoms with Crippen LogP contribution in [0.15, 0.2) is 50.8 Å². The van der Waals surface area contributed by atoms with Crippen molar-refractivity contribution in [1.82, 2.24) is 8.61 Å². The topological polar surface area (TPSA) is 114 Å². The fourth-order valence-corrected chi connectivity index (χ4v) is 5.56. The van der Waals surface area contributed by atoms with Crippen molar-refractivity contribution in [1.29, 1.82) is 0 Å². The summed E-state index contributed by atoms with van der Waals surface area (Å²) in [5.41, 5.74) is 0.931. The first-order valence-electron chi connectivity index (χ1n) is 9.30. The Morgan fingerprint density at radius 1 is 1.13 bits per heavy atom. The number of benzene rings is 1. The number of carbonyl (C=O) groups is 1. The molecule has 0 unspecified atom stereocenters. The normalized spacial score (nSPS) is 18.1. The quantitative estimate of drug-likeness (QED) is 0.583. The summed E-state index contributed by atoms with van der Waals surface area (Å²) in [5, 5.41) is -0.261. The van der Waals surface area contributed by atoms with Gasteiger partial charge in [-0.1, -0.05) is 17.7 Å². The van der Waals surface area contributed by atoms with Crippen LogP contribution in [0.3, 0.4) is 0 Å². The zero-order chi connectivity index (χ0) is 22.1. The number of sulfonamides is 2. The van der Waals surface area contributed by atoms with Crippen LogP contribution in [0.4, 0.5) is 0 Å². The lowest BCUT2D eigenvalue weighted by Gasteiger charge is -2.22. The first kappa shape index (κ1) is 22.5. The van der Waals surface area contributed by atoms with Crippen LogP contribution in [-0.2, 0) is 36.2 Å². The van der Waals surface area contributed by atoms with E-state index in [9.17, 15) is 21.6 Å². The highest BCUT2D eigenvalue weighted by Crippen LogP contribution is 2.27. The molecule has 0 bridgehead atoms. The molecule has 164 valence electrons. The highest BCUT2D eigenvalue weighted by Gasteiger charge is 2.40. The van der Waals surface area contributed by atoms with Gasteiger partial charge in [-0.3, -0.25) is 4.79 Å². The standard InChI is InChI=1S/C19H24N2O7S2/c1-14-6-9-16(10-7-14)29(23,24)21-12-4-5-17(21)19(22)27-13-15-8-11-18(28-15)30(25,26)20(2)3/h6-11,17H,4-5,12-13H2,1-3H3/t17-/m0/s1. The van der Waals surface area contributed by atoms with Crippen molar-refractivity contribution < 1.29 is 30.8 Å². The van der Waals surface area contributed by atoms with E-state index in [2.05, 4.69) is 0 Å². The van der Waals surface area contributed by atoms with E-state index in [4.69, 9.17) is 9.15 Å². The van der Waals surface area contributed by atoms with Crippen molar-refractivity contribution in [3.8, 4) is 0 Å². The monoisotopic (exact) mass is 456 g/mol. The molecule has 1 aromatic heterocycles. The van der Waals surface area contributed by atoms with Gasteiger partial charge in [-0.05, 0) is 44.0 Å². The van der Waals surface area contributed by atoms with Gasteiger partial charge in [0.05, 0.1) is 4.90 Å². The number of aryl methyl sites for hydroxylation is 1. The number of hydrogen-bond donors (Lipinski definition) is 0. The largest absolute Gasteiger partial charge is 0.456 e. The molecule has 0 amide bonds. The second-order valence-electron chi connectivity index (χ2n) is 7.20. The molecule has 2 heterocycles. The Morgan fingerprint density at radius 2 is 1.80 bits per heavy atom. The van der Waals surface area contributed by atoms with Crippen LogP contribution in [0, 0.1) is 6.92 Å². The van der Waals surface area contributed by atoms with Crippen LogP contribution in [0.5, 0.6) is 0 Å². The third-order valence-electron chi connectivity index (χ3n) is 4.83. The maximum Gasteiger partial charge on any atom is 0.324 e. The second kappa shape index (κ2) is 8.50. The number of furan rings is 1. The highest BCUT2D eigenvalue weighted by atomic mass is 32.2. The van der Waals surface area contributed by atoms with E-state index in [-0.39, 0.29) is 28.9 Å². The van der Waals surface area contributed by atoms with Crippen LogP contribution in [0.2, 0.25) is 0 Å². The Bertz CT molecular complexity index is 1120. The average Bonchev–Trinajstić information content (AvgIpc) is 3.36. The Balaban J connectivity index is 1.70. The van der Waals surface area contributed by atoms with Gasteiger partial charge in [0, 0.05) is 20.6 Å². The minimum Gasteiger partial charge on any atom is -0.456 e. The molecule has 2 aromatic rings. The first-order valence-corrected chi connectivity index (χ1v) is 12.2. The van der Waals surface area contributed by atoms with Gasteiger partial charge in [0.15, 0.2) is 0 Å². The summed E-state index contributed by atoms with van der Waals surface area (Å²) in [6.07, 6.45) is 0.888. The molecule has 0 N–H and O–H groups in total. The Kier molecular flexibility index (Phi) is 6.37. The van der Waals surface area contributed by atoms with Gasteiger partial charge < -0.3 is 9.15 Å². The van der Waals surface area contributed by atoms with Crippen molar-refractivity contribution in [3.63, 3.8) is 0 Å². The van der Waals surface area contributed by atoms with Crippen LogP contribution >= 0.6 is 0 Å². The van der Waals surface area contributed by atoms with E-state index in [0.717, 1.165) is 14.2 Å². The third-order valence-corrected chi connectivity index (χ3v) is 8.44. The summed E-state index contributed by atoms with van der Waals surface area (Å²) >= 11 is 0. The molecule has 0 saturated carbocycles. The van der Waals surface area contributed by atoms with Gasteiger partial charge in [0.2, 0.25) is 15.1 Å². The van der Waals surface area contributed by atoms with Gasteiger partial charge in [-0.25, -0.2) is 21.1 Å². The molecule has 1 aromatic carbocycles. The molecule has 1 aliphatic rings. The minimum absolute atomic E-state index is 0.123. The minimum atomic E-state index is -3.83. The van der Waals surface area contributed by atoms with E-state index >= 15 is 0 Å². The molecular formula is C19H24N2O7S2. The number of hydrogen-bond acceptors (Lipinski definition) is 7. The Labute approximate surface area is 176 Å². The number of rotatable bonds is 7. The van der Waals surface area contributed by atoms with Crippen molar-refractivity contribution in [2.45, 2.75) is 42.4 Å². The van der Waals surface area contributed by atoms with E-state index in [1.807, 2.05) is 6.92 Å². The zero-order valence-corrected chi connectivity index (χ0v) is 18.6. The maximum atomic E-state index is 12.9. The smallest absolute Gasteiger partial charge is 0.324 e. The van der Waals surface area contributed by atoms with Gasteiger partial charge in [0.1, 0.15) is 18.4 Å². The van der Waals surface area contributed by atoms with Gasteiger partial charge >= 0.3 is 5.97 Å². The first-order chi connectivity index (χ1) is 14.0. The molecule has 1 saturated heterocycles. The third kappa shape index (κ3) is 4.43. The van der Waals surface area contributed by atoms with Crippen LogP contribution in [-0.4, -0.2) is 58.1 Å². The predicted octanol–water partition coefficient (Wildman–Crippen LogP) is 1.73. The number of esters is 1. The molecule has 1 fully saturated rings. The molecule has 11 heteroatoms. The molecule has 3 rings (SSSR count). The lowest BCUT2D eigenvalue weighted by molar-refractivity contribution is -0.149. The molecule has 30 heavy (non-hydrogen) atoms. The van der Waals surface area contributed by atoms with Crippen LogP contribution < -0.4 is 0 Å². The fourth-order valence-electron chi connectivity index (χ4n) is 3.10. The van der Waals surface area contributed by atoms with E-state index < -0.39 is 32.1 Å². The van der Waals surface area contributed by atoms with Gasteiger partial charge in [0.25, 0.3) is 10.0 Å². The number of carbonyl (C=O) groups excluding carboxylic acids is 1. The molecule has 0 aliphatic carbocycles. The molecule has 9 nitrogen and oxygen atoms in total. The Morgan fingerprint density at radius 3 is 2.43 bits per heavy atom. The van der Waals surface area contributed by atoms with Gasteiger partial charge in [-0.2, -0.15) is 4.31 Å². The van der Waals surface area contributed by atoms with Crippen molar-refractivity contribution >= 4 is 26.0 Å². The summed E-state index contributed by atoms with van der Waals surface area (Å²) in [6, 6.07) is 8.18. The van der Waals surface area contributed by atoms with E-state index in [0.29, 0.717) is 12.8 Å². The lowest BCUT2D eigenvalue weighted by atomic mass is 10.2. The molecule has 1 aliphatic heterocycles. The maximum absolute atomic E-state index is 12.9. The van der Waals surface area contributed by atoms with Crippen molar-refractivity contribution in [2.24, 2.45) is 0 Å². The molecule has 0 radical (unpaired) electrons. The average molecular weight is 457 g/mol. The number of ether oxygens (including phenoxy) is 1. The van der Waals surface area contributed by atoms with Crippen molar-refractivity contribution in [3.05, 3.63) is 47.7 Å². The van der Waals surface area contributed by atoms with Crippen LogP contribution in [0.25, 0.3) is 0 Å². The zero-order valence-electron chi connectivity index (χ0n) is 16.9. The van der Waals surface area contributed by atoms with E-state index in [1.165, 1.54) is 38.4 Å².